The van der Waals surface area contributed by atoms with Gasteiger partial charge in [-0.3, -0.25) is 4.79 Å². The molecule has 0 radical (unpaired) electrons. The Labute approximate surface area is 152 Å². The van der Waals surface area contributed by atoms with Crippen LogP contribution in [0.25, 0.3) is 11.1 Å². The Bertz CT molecular complexity index is 832. The van der Waals surface area contributed by atoms with Gasteiger partial charge in [0.25, 0.3) is 5.91 Å². The molecule has 0 aliphatic carbocycles. The van der Waals surface area contributed by atoms with E-state index in [2.05, 4.69) is 5.32 Å². The molecule has 0 aliphatic rings. The van der Waals surface area contributed by atoms with E-state index in [-0.39, 0.29) is 12.5 Å². The van der Waals surface area contributed by atoms with Gasteiger partial charge in [0.05, 0.1) is 0 Å². The number of nitrogens with one attached hydrogen (secondary N) is 1. The summed E-state index contributed by atoms with van der Waals surface area (Å²) in [7, 11) is 0. The van der Waals surface area contributed by atoms with Gasteiger partial charge < -0.3 is 10.1 Å². The standard InChI is InChI=1S/C21H19NO2S/c1-25-18-13-11-17(12-14-18)22-21(23)15-24-20-10-6-5-9-19(20)16-7-3-2-4-8-16/h2-14H,15H2,1H3,(H,22,23). The summed E-state index contributed by atoms with van der Waals surface area (Å²) in [6, 6.07) is 25.5. The van der Waals surface area contributed by atoms with Gasteiger partial charge in [-0.15, -0.1) is 11.8 Å². The highest BCUT2D eigenvalue weighted by Crippen LogP contribution is 2.29. The highest BCUT2D eigenvalue weighted by molar-refractivity contribution is 7.98. The molecule has 1 amide bonds. The molecular weight excluding hydrogens is 330 g/mol. The summed E-state index contributed by atoms with van der Waals surface area (Å²) in [5.74, 6) is 0.515. The topological polar surface area (TPSA) is 38.3 Å². The predicted octanol–water partition coefficient (Wildman–Crippen LogP) is 5.09. The molecular formula is C21H19NO2S. The van der Waals surface area contributed by atoms with Crippen LogP contribution in [-0.2, 0) is 4.79 Å². The zero-order valence-corrected chi connectivity index (χ0v) is 14.8. The van der Waals surface area contributed by atoms with E-state index in [4.69, 9.17) is 4.74 Å². The second-order valence-electron chi connectivity index (χ2n) is 5.43. The Morgan fingerprint density at radius 3 is 2.32 bits per heavy atom. The lowest BCUT2D eigenvalue weighted by molar-refractivity contribution is -0.118. The number of carbonyl (C=O) groups is 1. The second-order valence-corrected chi connectivity index (χ2v) is 6.31. The van der Waals surface area contributed by atoms with Crippen LogP contribution in [0.2, 0.25) is 0 Å². The van der Waals surface area contributed by atoms with Crippen molar-refractivity contribution in [2.75, 3.05) is 18.2 Å². The third-order valence-electron chi connectivity index (χ3n) is 3.70. The van der Waals surface area contributed by atoms with Gasteiger partial charge in [-0.05, 0) is 42.2 Å². The van der Waals surface area contributed by atoms with Crippen LogP contribution < -0.4 is 10.1 Å². The summed E-state index contributed by atoms with van der Waals surface area (Å²) >= 11 is 1.67. The Balaban J connectivity index is 1.64. The minimum atomic E-state index is -0.181. The lowest BCUT2D eigenvalue weighted by Gasteiger charge is -2.12. The van der Waals surface area contributed by atoms with E-state index < -0.39 is 0 Å². The molecule has 3 aromatic rings. The summed E-state index contributed by atoms with van der Waals surface area (Å²) < 4.78 is 5.75. The number of benzene rings is 3. The van der Waals surface area contributed by atoms with Crippen LogP contribution in [0.5, 0.6) is 5.75 Å². The lowest BCUT2D eigenvalue weighted by Crippen LogP contribution is -2.20. The number of hydrogen-bond acceptors (Lipinski definition) is 3. The number of amides is 1. The van der Waals surface area contributed by atoms with Crippen LogP contribution in [0.15, 0.2) is 83.8 Å². The maximum absolute atomic E-state index is 12.1. The molecule has 0 bridgehead atoms. The minimum Gasteiger partial charge on any atom is -0.483 e. The van der Waals surface area contributed by atoms with Gasteiger partial charge >= 0.3 is 0 Å². The van der Waals surface area contributed by atoms with Gasteiger partial charge in [-0.25, -0.2) is 0 Å². The molecule has 4 heteroatoms. The van der Waals surface area contributed by atoms with Crippen molar-refractivity contribution >= 4 is 23.4 Å². The monoisotopic (exact) mass is 349 g/mol. The van der Waals surface area contributed by atoms with Gasteiger partial charge in [0.1, 0.15) is 5.75 Å². The fourth-order valence-electron chi connectivity index (χ4n) is 2.46. The molecule has 3 aromatic carbocycles. The first-order valence-corrected chi connectivity index (χ1v) is 9.20. The van der Waals surface area contributed by atoms with Gasteiger partial charge in [0.2, 0.25) is 0 Å². The van der Waals surface area contributed by atoms with E-state index in [1.807, 2.05) is 85.1 Å². The number of hydrogen-bond donors (Lipinski definition) is 1. The number of ether oxygens (including phenoxy) is 1. The Hall–Kier alpha value is -2.72. The molecule has 25 heavy (non-hydrogen) atoms. The zero-order valence-electron chi connectivity index (χ0n) is 13.9. The van der Waals surface area contributed by atoms with E-state index in [9.17, 15) is 4.79 Å². The number of anilines is 1. The SMILES string of the molecule is CSc1ccc(NC(=O)COc2ccccc2-c2ccccc2)cc1. The van der Waals surface area contributed by atoms with Crippen LogP contribution in [0.4, 0.5) is 5.69 Å². The molecule has 0 saturated carbocycles. The van der Waals surface area contributed by atoms with Crippen molar-refractivity contribution in [3.8, 4) is 16.9 Å². The second kappa shape index (κ2) is 8.40. The maximum Gasteiger partial charge on any atom is 0.262 e. The highest BCUT2D eigenvalue weighted by Gasteiger charge is 2.08. The molecule has 0 spiro atoms. The van der Waals surface area contributed by atoms with Gasteiger partial charge in [0.15, 0.2) is 6.61 Å². The Morgan fingerprint density at radius 2 is 1.60 bits per heavy atom. The first kappa shape index (κ1) is 17.1. The number of rotatable bonds is 6. The third-order valence-corrected chi connectivity index (χ3v) is 4.45. The molecule has 0 fully saturated rings. The smallest absolute Gasteiger partial charge is 0.262 e. The van der Waals surface area contributed by atoms with Crippen LogP contribution >= 0.6 is 11.8 Å². The normalized spacial score (nSPS) is 10.3. The molecule has 126 valence electrons. The quantitative estimate of drug-likeness (QED) is 0.630. The Morgan fingerprint density at radius 1 is 0.920 bits per heavy atom. The summed E-state index contributed by atoms with van der Waals surface area (Å²) in [6.07, 6.45) is 2.02. The molecule has 0 heterocycles. The summed E-state index contributed by atoms with van der Waals surface area (Å²) in [5.41, 5.74) is 2.80. The van der Waals surface area contributed by atoms with Gasteiger partial charge in [-0.1, -0.05) is 48.5 Å². The van der Waals surface area contributed by atoms with Crippen LogP contribution in [0.1, 0.15) is 0 Å². The van der Waals surface area contributed by atoms with E-state index in [1.165, 1.54) is 0 Å². The van der Waals surface area contributed by atoms with Crippen molar-refractivity contribution in [3.63, 3.8) is 0 Å². The van der Waals surface area contributed by atoms with E-state index in [0.717, 1.165) is 21.7 Å². The average molecular weight is 349 g/mol. The molecule has 3 rings (SSSR count). The van der Waals surface area contributed by atoms with Crippen molar-refractivity contribution in [2.24, 2.45) is 0 Å². The minimum absolute atomic E-state index is 0.0336. The van der Waals surface area contributed by atoms with Crippen LogP contribution in [0.3, 0.4) is 0 Å². The first-order chi connectivity index (χ1) is 12.3. The maximum atomic E-state index is 12.1. The Kier molecular flexibility index (Phi) is 5.75. The van der Waals surface area contributed by atoms with Gasteiger partial charge in [-0.2, -0.15) is 0 Å². The third kappa shape index (κ3) is 4.64. The molecule has 0 aliphatic heterocycles. The molecule has 3 nitrogen and oxygen atoms in total. The number of carbonyl (C=O) groups excluding carboxylic acids is 1. The molecule has 0 unspecified atom stereocenters. The molecule has 0 saturated heterocycles. The van der Waals surface area contributed by atoms with Crippen molar-refractivity contribution in [1.82, 2.24) is 0 Å². The fourth-order valence-corrected chi connectivity index (χ4v) is 2.87. The zero-order chi connectivity index (χ0) is 17.5. The fraction of sp³-hybridized carbons (Fsp3) is 0.0952. The lowest BCUT2D eigenvalue weighted by atomic mass is 10.1. The van der Waals surface area contributed by atoms with Crippen molar-refractivity contribution < 1.29 is 9.53 Å². The summed E-state index contributed by atoms with van der Waals surface area (Å²) in [6.45, 7) is -0.0336. The molecule has 0 aromatic heterocycles. The molecule has 1 N–H and O–H groups in total. The van der Waals surface area contributed by atoms with E-state index in [1.54, 1.807) is 11.8 Å². The highest BCUT2D eigenvalue weighted by atomic mass is 32.2. The van der Waals surface area contributed by atoms with Crippen molar-refractivity contribution in [3.05, 3.63) is 78.9 Å². The number of para-hydroxylation sites is 1. The van der Waals surface area contributed by atoms with Crippen LogP contribution in [0, 0.1) is 0 Å². The largest absolute Gasteiger partial charge is 0.483 e. The van der Waals surface area contributed by atoms with Crippen molar-refractivity contribution in [2.45, 2.75) is 4.90 Å². The van der Waals surface area contributed by atoms with Gasteiger partial charge in [0, 0.05) is 16.1 Å². The van der Waals surface area contributed by atoms with E-state index in [0.29, 0.717) is 5.75 Å². The van der Waals surface area contributed by atoms with Crippen LogP contribution in [-0.4, -0.2) is 18.8 Å². The predicted molar refractivity (Wildman–Crippen MR) is 104 cm³/mol. The van der Waals surface area contributed by atoms with E-state index >= 15 is 0 Å². The molecule has 0 atom stereocenters. The number of thioether (sulfide) groups is 1. The average Bonchev–Trinajstić information content (AvgIpc) is 2.68. The van der Waals surface area contributed by atoms with Crippen molar-refractivity contribution in [1.29, 1.82) is 0 Å². The summed E-state index contributed by atoms with van der Waals surface area (Å²) in [5, 5.41) is 2.85. The summed E-state index contributed by atoms with van der Waals surface area (Å²) in [4.78, 5) is 13.3. The first-order valence-electron chi connectivity index (χ1n) is 7.97.